The van der Waals surface area contributed by atoms with Gasteiger partial charge < -0.3 is 10.1 Å². The molecule has 2 unspecified atom stereocenters. The number of rotatable bonds is 5. The van der Waals surface area contributed by atoms with Gasteiger partial charge in [-0.25, -0.2) is 0 Å². The summed E-state index contributed by atoms with van der Waals surface area (Å²) in [7, 11) is 1.78. The molecule has 1 aromatic carbocycles. The average Bonchev–Trinajstić information content (AvgIpc) is 2.45. The smallest absolute Gasteiger partial charge is 0.0589 e. The van der Waals surface area contributed by atoms with E-state index in [4.69, 9.17) is 4.74 Å². The number of ether oxygens (including phenoxy) is 1. The lowest BCUT2D eigenvalue weighted by molar-refractivity contribution is 0.0766. The van der Waals surface area contributed by atoms with Crippen LogP contribution >= 0.6 is 0 Å². The van der Waals surface area contributed by atoms with Crippen LogP contribution in [-0.4, -0.2) is 44.3 Å². The predicted octanol–water partition coefficient (Wildman–Crippen LogP) is 2.30. The van der Waals surface area contributed by atoms with E-state index in [1.165, 1.54) is 5.56 Å². The summed E-state index contributed by atoms with van der Waals surface area (Å²) in [6, 6.07) is 11.8. The Balaban J connectivity index is 2.08. The lowest BCUT2D eigenvalue weighted by atomic mass is 9.96. The second-order valence-electron chi connectivity index (χ2n) is 5.67. The van der Waals surface area contributed by atoms with Crippen molar-refractivity contribution in [1.29, 1.82) is 0 Å². The van der Waals surface area contributed by atoms with E-state index in [-0.39, 0.29) is 0 Å². The molecule has 1 aliphatic heterocycles. The molecule has 1 aromatic rings. The highest BCUT2D eigenvalue weighted by Crippen LogP contribution is 2.24. The molecule has 1 aliphatic rings. The molecule has 3 heteroatoms. The summed E-state index contributed by atoms with van der Waals surface area (Å²) in [5.41, 5.74) is 1.40. The first-order chi connectivity index (χ1) is 9.22. The Morgan fingerprint density at radius 1 is 1.32 bits per heavy atom. The quantitative estimate of drug-likeness (QED) is 0.881. The van der Waals surface area contributed by atoms with Crippen LogP contribution in [0, 0.1) is 5.92 Å². The summed E-state index contributed by atoms with van der Waals surface area (Å²) in [5.74, 6) is 0.668. The van der Waals surface area contributed by atoms with Gasteiger partial charge in [-0.1, -0.05) is 44.2 Å². The number of methoxy groups -OCH3 is 1. The summed E-state index contributed by atoms with van der Waals surface area (Å²) < 4.78 is 5.26. The molecule has 0 aromatic heterocycles. The second-order valence-corrected chi connectivity index (χ2v) is 5.67. The van der Waals surface area contributed by atoms with Crippen LogP contribution < -0.4 is 5.32 Å². The number of hydrogen-bond acceptors (Lipinski definition) is 3. The molecule has 0 spiro atoms. The monoisotopic (exact) mass is 262 g/mol. The molecule has 2 atom stereocenters. The Morgan fingerprint density at radius 3 is 2.68 bits per heavy atom. The van der Waals surface area contributed by atoms with Crippen LogP contribution in [0.25, 0.3) is 0 Å². The van der Waals surface area contributed by atoms with Crippen LogP contribution in [0.15, 0.2) is 30.3 Å². The Kier molecular flexibility index (Phi) is 5.37. The molecular formula is C16H26N2O. The zero-order valence-electron chi connectivity index (χ0n) is 12.3. The predicted molar refractivity (Wildman–Crippen MR) is 79.3 cm³/mol. The maximum atomic E-state index is 5.26. The van der Waals surface area contributed by atoms with Crippen molar-refractivity contribution in [3.8, 4) is 0 Å². The summed E-state index contributed by atoms with van der Waals surface area (Å²) in [6.07, 6.45) is 0. The van der Waals surface area contributed by atoms with Gasteiger partial charge in [0.1, 0.15) is 0 Å². The van der Waals surface area contributed by atoms with Crippen molar-refractivity contribution in [3.63, 3.8) is 0 Å². The highest BCUT2D eigenvalue weighted by Gasteiger charge is 2.29. The van der Waals surface area contributed by atoms with Gasteiger partial charge in [0.15, 0.2) is 0 Å². The van der Waals surface area contributed by atoms with Gasteiger partial charge in [-0.3, -0.25) is 4.90 Å². The highest BCUT2D eigenvalue weighted by atomic mass is 16.5. The zero-order valence-corrected chi connectivity index (χ0v) is 12.3. The van der Waals surface area contributed by atoms with Crippen molar-refractivity contribution in [1.82, 2.24) is 10.2 Å². The topological polar surface area (TPSA) is 24.5 Å². The van der Waals surface area contributed by atoms with E-state index < -0.39 is 0 Å². The van der Waals surface area contributed by atoms with Gasteiger partial charge >= 0.3 is 0 Å². The van der Waals surface area contributed by atoms with Crippen molar-refractivity contribution in [3.05, 3.63) is 35.9 Å². The third kappa shape index (κ3) is 3.78. The van der Waals surface area contributed by atoms with Gasteiger partial charge in [0.2, 0.25) is 0 Å². The number of benzene rings is 1. The molecule has 2 rings (SSSR count). The molecule has 1 fully saturated rings. The van der Waals surface area contributed by atoms with Crippen LogP contribution in [-0.2, 0) is 4.74 Å². The molecule has 3 nitrogen and oxygen atoms in total. The van der Waals surface area contributed by atoms with Crippen LogP contribution in [0.3, 0.4) is 0 Å². The first-order valence-corrected chi connectivity index (χ1v) is 7.23. The maximum absolute atomic E-state index is 5.26. The molecule has 0 amide bonds. The molecule has 19 heavy (non-hydrogen) atoms. The summed E-state index contributed by atoms with van der Waals surface area (Å²) in [5, 5.41) is 3.69. The molecule has 0 saturated carbocycles. The minimum Gasteiger partial charge on any atom is -0.383 e. The molecule has 106 valence electrons. The van der Waals surface area contributed by atoms with Crippen LogP contribution in [0.5, 0.6) is 0 Å². The maximum Gasteiger partial charge on any atom is 0.0589 e. The number of hydrogen-bond donors (Lipinski definition) is 1. The Morgan fingerprint density at radius 2 is 2.05 bits per heavy atom. The first kappa shape index (κ1) is 14.5. The van der Waals surface area contributed by atoms with Crippen molar-refractivity contribution < 1.29 is 4.74 Å². The van der Waals surface area contributed by atoms with Gasteiger partial charge in [-0.15, -0.1) is 0 Å². The van der Waals surface area contributed by atoms with Gasteiger partial charge in [0, 0.05) is 38.8 Å². The normalized spacial score (nSPS) is 24.8. The van der Waals surface area contributed by atoms with E-state index in [0.717, 1.165) is 26.2 Å². The number of nitrogens with zero attached hydrogens (tertiary/aromatic N) is 1. The Hall–Kier alpha value is -0.900. The largest absolute Gasteiger partial charge is 0.383 e. The van der Waals surface area contributed by atoms with Crippen molar-refractivity contribution in [2.75, 3.05) is 33.4 Å². The molecule has 0 aliphatic carbocycles. The molecule has 0 radical (unpaired) electrons. The molecule has 0 bridgehead atoms. The van der Waals surface area contributed by atoms with Crippen LogP contribution in [0.4, 0.5) is 0 Å². The van der Waals surface area contributed by atoms with E-state index in [9.17, 15) is 0 Å². The standard InChI is InChI=1S/C16H26N2O/c1-13(2)15-12-18(9-10-19-3)16(11-17-15)14-7-5-4-6-8-14/h4-8,13,15-17H,9-12H2,1-3H3. The van der Waals surface area contributed by atoms with E-state index in [2.05, 4.69) is 54.4 Å². The van der Waals surface area contributed by atoms with Crippen LogP contribution in [0.1, 0.15) is 25.5 Å². The minimum absolute atomic E-state index is 0.464. The SMILES string of the molecule is COCCN1CC(C(C)C)NCC1c1ccccc1. The molecule has 1 saturated heterocycles. The molecule has 1 heterocycles. The average molecular weight is 262 g/mol. The molecular weight excluding hydrogens is 236 g/mol. The molecule has 1 N–H and O–H groups in total. The second kappa shape index (κ2) is 7.04. The van der Waals surface area contributed by atoms with E-state index in [1.54, 1.807) is 7.11 Å². The first-order valence-electron chi connectivity index (χ1n) is 7.23. The van der Waals surface area contributed by atoms with Gasteiger partial charge in [-0.2, -0.15) is 0 Å². The van der Waals surface area contributed by atoms with Crippen LogP contribution in [0.2, 0.25) is 0 Å². The van der Waals surface area contributed by atoms with E-state index >= 15 is 0 Å². The summed E-state index contributed by atoms with van der Waals surface area (Å²) >= 11 is 0. The lowest BCUT2D eigenvalue weighted by Gasteiger charge is -2.42. The number of nitrogens with one attached hydrogen (secondary N) is 1. The third-order valence-electron chi connectivity index (χ3n) is 4.02. The van der Waals surface area contributed by atoms with Gasteiger partial charge in [0.05, 0.1) is 6.61 Å². The van der Waals surface area contributed by atoms with Crippen molar-refractivity contribution in [2.45, 2.75) is 25.9 Å². The summed E-state index contributed by atoms with van der Waals surface area (Å²) in [6.45, 7) is 8.50. The minimum atomic E-state index is 0.464. The van der Waals surface area contributed by atoms with Crippen molar-refractivity contribution >= 4 is 0 Å². The third-order valence-corrected chi connectivity index (χ3v) is 4.02. The Labute approximate surface area is 116 Å². The van der Waals surface area contributed by atoms with Crippen molar-refractivity contribution in [2.24, 2.45) is 5.92 Å². The highest BCUT2D eigenvalue weighted by molar-refractivity contribution is 5.20. The Bertz CT molecular complexity index is 366. The zero-order chi connectivity index (χ0) is 13.7. The van der Waals surface area contributed by atoms with Gasteiger partial charge in [0.25, 0.3) is 0 Å². The fourth-order valence-electron chi connectivity index (χ4n) is 2.74. The van der Waals surface area contributed by atoms with Gasteiger partial charge in [-0.05, 0) is 11.5 Å². The fourth-order valence-corrected chi connectivity index (χ4v) is 2.74. The van der Waals surface area contributed by atoms with E-state index in [1.807, 2.05) is 0 Å². The lowest BCUT2D eigenvalue weighted by Crippen LogP contribution is -2.54. The fraction of sp³-hybridized carbons (Fsp3) is 0.625. The number of piperazine rings is 1. The van der Waals surface area contributed by atoms with E-state index in [0.29, 0.717) is 18.0 Å². The summed E-state index contributed by atoms with van der Waals surface area (Å²) in [4.78, 5) is 2.56.